The van der Waals surface area contributed by atoms with E-state index in [1.165, 1.54) is 24.3 Å². The molecule has 2 N–H and O–H groups in total. The quantitative estimate of drug-likeness (QED) is 0.782. The van der Waals surface area contributed by atoms with Crippen molar-refractivity contribution in [2.45, 2.75) is 19.6 Å². The molecule has 7 heteroatoms. The molecular weight excluding hydrogens is 338 g/mol. The summed E-state index contributed by atoms with van der Waals surface area (Å²) >= 11 is 6.11. The summed E-state index contributed by atoms with van der Waals surface area (Å²) in [5.41, 5.74) is 1.40. The van der Waals surface area contributed by atoms with Crippen molar-refractivity contribution in [3.8, 4) is 5.75 Å². The Balaban J connectivity index is 1.84. The average molecular weight is 355 g/mol. The highest BCUT2D eigenvalue weighted by Gasteiger charge is 2.11. The maximum absolute atomic E-state index is 12.1. The van der Waals surface area contributed by atoms with Crippen LogP contribution in [0.15, 0.2) is 48.5 Å². The summed E-state index contributed by atoms with van der Waals surface area (Å²) in [7, 11) is 0. The van der Waals surface area contributed by atoms with Crippen molar-refractivity contribution in [2.24, 2.45) is 0 Å². The van der Waals surface area contributed by atoms with E-state index in [1.807, 2.05) is 25.1 Å². The van der Waals surface area contributed by atoms with E-state index in [0.717, 1.165) is 5.56 Å². The van der Waals surface area contributed by atoms with Crippen LogP contribution in [0.3, 0.4) is 0 Å². The minimum atomic E-state index is -2.87. The predicted octanol–water partition coefficient (Wildman–Crippen LogP) is 4.23. The summed E-state index contributed by atoms with van der Waals surface area (Å²) < 4.78 is 28.4. The molecule has 0 aliphatic rings. The van der Waals surface area contributed by atoms with Gasteiger partial charge in [0.05, 0.1) is 6.54 Å². The minimum Gasteiger partial charge on any atom is -0.435 e. The number of carbonyl (C=O) groups is 1. The molecule has 1 atom stereocenters. The van der Waals surface area contributed by atoms with Crippen LogP contribution in [-0.2, 0) is 4.79 Å². The van der Waals surface area contributed by atoms with Gasteiger partial charge in [-0.2, -0.15) is 8.78 Å². The molecule has 1 unspecified atom stereocenters. The Labute approximate surface area is 143 Å². The molecule has 0 saturated carbocycles. The monoisotopic (exact) mass is 354 g/mol. The number of benzene rings is 2. The lowest BCUT2D eigenvalue weighted by atomic mass is 10.1. The van der Waals surface area contributed by atoms with E-state index in [1.54, 1.807) is 6.07 Å². The molecule has 128 valence electrons. The van der Waals surface area contributed by atoms with E-state index >= 15 is 0 Å². The van der Waals surface area contributed by atoms with E-state index < -0.39 is 6.61 Å². The Kier molecular flexibility index (Phi) is 6.52. The summed E-state index contributed by atoms with van der Waals surface area (Å²) in [4.78, 5) is 11.9. The molecule has 2 rings (SSSR count). The van der Waals surface area contributed by atoms with Gasteiger partial charge in [-0.1, -0.05) is 29.8 Å². The highest BCUT2D eigenvalue weighted by atomic mass is 35.5. The number of rotatable bonds is 7. The van der Waals surface area contributed by atoms with Gasteiger partial charge in [0, 0.05) is 16.8 Å². The zero-order chi connectivity index (χ0) is 17.5. The van der Waals surface area contributed by atoms with Gasteiger partial charge in [-0.05, 0) is 42.8 Å². The van der Waals surface area contributed by atoms with Gasteiger partial charge < -0.3 is 15.4 Å². The molecule has 4 nitrogen and oxygen atoms in total. The Bertz CT molecular complexity index is 681. The molecule has 2 aromatic carbocycles. The number of amides is 1. The second kappa shape index (κ2) is 8.61. The van der Waals surface area contributed by atoms with Crippen LogP contribution in [0.25, 0.3) is 0 Å². The molecular formula is C17H17ClF2N2O2. The standard InChI is InChI=1S/C17H17ClF2N2O2/c1-11(14-4-2-3-5-15(14)18)21-10-16(23)22-12-6-8-13(9-7-12)24-17(19)20/h2-9,11,17,21H,10H2,1H3,(H,22,23). The number of ether oxygens (including phenoxy) is 1. The van der Waals surface area contributed by atoms with E-state index in [2.05, 4.69) is 15.4 Å². The summed E-state index contributed by atoms with van der Waals surface area (Å²) in [6, 6.07) is 13.0. The third kappa shape index (κ3) is 5.47. The molecule has 2 aromatic rings. The highest BCUT2D eigenvalue weighted by Crippen LogP contribution is 2.22. The molecule has 0 heterocycles. The van der Waals surface area contributed by atoms with Gasteiger partial charge >= 0.3 is 6.61 Å². The second-order valence-corrected chi connectivity index (χ2v) is 5.48. The highest BCUT2D eigenvalue weighted by molar-refractivity contribution is 6.31. The number of carbonyl (C=O) groups excluding carboxylic acids is 1. The number of anilines is 1. The van der Waals surface area contributed by atoms with Crippen LogP contribution in [0.2, 0.25) is 5.02 Å². The van der Waals surface area contributed by atoms with Crippen molar-refractivity contribution >= 4 is 23.2 Å². The van der Waals surface area contributed by atoms with Crippen molar-refractivity contribution in [2.75, 3.05) is 11.9 Å². The molecule has 0 aliphatic carbocycles. The van der Waals surface area contributed by atoms with Crippen LogP contribution >= 0.6 is 11.6 Å². The molecule has 0 saturated heterocycles. The van der Waals surface area contributed by atoms with Crippen molar-refractivity contribution < 1.29 is 18.3 Å². The molecule has 1 amide bonds. The number of hydrogen-bond acceptors (Lipinski definition) is 3. The Hall–Kier alpha value is -2.18. The first-order chi connectivity index (χ1) is 11.5. The van der Waals surface area contributed by atoms with Gasteiger partial charge in [-0.15, -0.1) is 0 Å². The van der Waals surface area contributed by atoms with Crippen LogP contribution in [0, 0.1) is 0 Å². The largest absolute Gasteiger partial charge is 0.435 e. The number of alkyl halides is 2. The lowest BCUT2D eigenvalue weighted by Crippen LogP contribution is -2.30. The topological polar surface area (TPSA) is 50.4 Å². The molecule has 0 bridgehead atoms. The molecule has 0 aliphatic heterocycles. The molecule has 0 spiro atoms. The molecule has 0 fully saturated rings. The fourth-order valence-corrected chi connectivity index (χ4v) is 2.41. The van der Waals surface area contributed by atoms with E-state index in [4.69, 9.17) is 11.6 Å². The Morgan fingerprint density at radius 1 is 1.17 bits per heavy atom. The fraction of sp³-hybridized carbons (Fsp3) is 0.235. The van der Waals surface area contributed by atoms with Crippen LogP contribution in [0.1, 0.15) is 18.5 Å². The number of nitrogens with one attached hydrogen (secondary N) is 2. The van der Waals surface area contributed by atoms with E-state index in [0.29, 0.717) is 10.7 Å². The van der Waals surface area contributed by atoms with E-state index in [9.17, 15) is 13.6 Å². The van der Waals surface area contributed by atoms with Crippen molar-refractivity contribution in [1.82, 2.24) is 5.32 Å². The van der Waals surface area contributed by atoms with E-state index in [-0.39, 0.29) is 24.2 Å². The SMILES string of the molecule is CC(NCC(=O)Nc1ccc(OC(F)F)cc1)c1ccccc1Cl. The van der Waals surface area contributed by atoms with Gasteiger partial charge in [0.2, 0.25) is 5.91 Å². The van der Waals surface area contributed by atoms with Gasteiger partial charge in [0.1, 0.15) is 5.75 Å². The zero-order valence-electron chi connectivity index (χ0n) is 12.9. The van der Waals surface area contributed by atoms with Gasteiger partial charge in [0.25, 0.3) is 0 Å². The van der Waals surface area contributed by atoms with Crippen LogP contribution in [0.4, 0.5) is 14.5 Å². The van der Waals surface area contributed by atoms with Gasteiger partial charge in [-0.3, -0.25) is 4.79 Å². The van der Waals surface area contributed by atoms with Crippen LogP contribution in [-0.4, -0.2) is 19.1 Å². The lowest BCUT2D eigenvalue weighted by molar-refractivity contribution is -0.115. The van der Waals surface area contributed by atoms with Crippen LogP contribution in [0.5, 0.6) is 5.75 Å². The fourth-order valence-electron chi connectivity index (χ4n) is 2.11. The van der Waals surface area contributed by atoms with Gasteiger partial charge in [0.15, 0.2) is 0 Å². The molecule has 24 heavy (non-hydrogen) atoms. The Morgan fingerprint density at radius 2 is 1.83 bits per heavy atom. The minimum absolute atomic E-state index is 0.0356. The zero-order valence-corrected chi connectivity index (χ0v) is 13.7. The normalized spacial score (nSPS) is 12.0. The third-order valence-corrected chi connectivity index (χ3v) is 3.65. The summed E-state index contributed by atoms with van der Waals surface area (Å²) in [6.45, 7) is -0.881. The average Bonchev–Trinajstić information content (AvgIpc) is 2.54. The molecule has 0 radical (unpaired) electrons. The van der Waals surface area contributed by atoms with Crippen molar-refractivity contribution in [3.05, 3.63) is 59.1 Å². The smallest absolute Gasteiger partial charge is 0.387 e. The first-order valence-corrected chi connectivity index (χ1v) is 7.66. The Morgan fingerprint density at radius 3 is 2.46 bits per heavy atom. The molecule has 0 aromatic heterocycles. The number of halogens is 3. The first-order valence-electron chi connectivity index (χ1n) is 7.28. The maximum Gasteiger partial charge on any atom is 0.387 e. The lowest BCUT2D eigenvalue weighted by Gasteiger charge is -2.15. The predicted molar refractivity (Wildman–Crippen MR) is 89.6 cm³/mol. The summed E-state index contributed by atoms with van der Waals surface area (Å²) in [5, 5.41) is 6.38. The first kappa shape index (κ1) is 18.2. The third-order valence-electron chi connectivity index (χ3n) is 3.30. The summed E-state index contributed by atoms with van der Waals surface area (Å²) in [5.74, 6) is -0.218. The number of hydrogen-bond donors (Lipinski definition) is 2. The van der Waals surface area contributed by atoms with Gasteiger partial charge in [-0.25, -0.2) is 0 Å². The van der Waals surface area contributed by atoms with Crippen molar-refractivity contribution in [3.63, 3.8) is 0 Å². The summed E-state index contributed by atoms with van der Waals surface area (Å²) in [6.07, 6.45) is 0. The maximum atomic E-state index is 12.1. The second-order valence-electron chi connectivity index (χ2n) is 5.08. The van der Waals surface area contributed by atoms with Crippen LogP contribution < -0.4 is 15.4 Å². The van der Waals surface area contributed by atoms with Crippen molar-refractivity contribution in [1.29, 1.82) is 0 Å².